The highest BCUT2D eigenvalue weighted by Crippen LogP contribution is 2.10. The van der Waals surface area contributed by atoms with E-state index in [-0.39, 0.29) is 0 Å². The molecule has 1 nitrogen and oxygen atoms in total. The Labute approximate surface area is 79.3 Å². The second-order valence-corrected chi connectivity index (χ2v) is 3.15. The number of aryl methyl sites for hydroxylation is 2. The summed E-state index contributed by atoms with van der Waals surface area (Å²) in [5.74, 6) is 0. The Morgan fingerprint density at radius 3 is 2.69 bits per heavy atom. The van der Waals surface area contributed by atoms with Crippen molar-refractivity contribution in [3.8, 4) is 6.07 Å². The van der Waals surface area contributed by atoms with Gasteiger partial charge in [-0.1, -0.05) is 24.3 Å². The molecule has 0 aliphatic rings. The molecule has 0 amide bonds. The van der Waals surface area contributed by atoms with Crippen LogP contribution in [-0.4, -0.2) is 0 Å². The fourth-order valence-electron chi connectivity index (χ4n) is 1.18. The predicted octanol–water partition coefficient (Wildman–Crippen LogP) is 2.93. The zero-order chi connectivity index (χ0) is 9.68. The second-order valence-electron chi connectivity index (χ2n) is 3.15. The summed E-state index contributed by atoms with van der Waals surface area (Å²) in [7, 11) is 0. The molecule has 1 rings (SSSR count). The standard InChI is InChI=1S/C12H13N/c1-10-6-7-12(9-11(10)2)5-3-4-8-13/h3-4,6-7,9H,5H2,1-2H3/b4-3+. The Kier molecular flexibility index (Phi) is 3.28. The van der Waals surface area contributed by atoms with E-state index in [9.17, 15) is 0 Å². The van der Waals surface area contributed by atoms with Gasteiger partial charge in [0.2, 0.25) is 0 Å². The largest absolute Gasteiger partial charge is 0.193 e. The summed E-state index contributed by atoms with van der Waals surface area (Å²) in [4.78, 5) is 0. The number of benzene rings is 1. The lowest BCUT2D eigenvalue weighted by Crippen LogP contribution is -1.85. The smallest absolute Gasteiger partial charge is 0.0908 e. The van der Waals surface area contributed by atoms with Crippen LogP contribution < -0.4 is 0 Å². The van der Waals surface area contributed by atoms with Gasteiger partial charge in [-0.3, -0.25) is 0 Å². The summed E-state index contributed by atoms with van der Waals surface area (Å²) in [6, 6.07) is 8.36. The first-order valence-electron chi connectivity index (χ1n) is 4.35. The van der Waals surface area contributed by atoms with Crippen LogP contribution in [0.4, 0.5) is 0 Å². The van der Waals surface area contributed by atoms with Crippen molar-refractivity contribution in [2.75, 3.05) is 0 Å². The van der Waals surface area contributed by atoms with Crippen LogP contribution in [0.15, 0.2) is 30.4 Å². The van der Waals surface area contributed by atoms with Crippen LogP contribution in [-0.2, 0) is 6.42 Å². The van der Waals surface area contributed by atoms with Gasteiger partial charge in [0.05, 0.1) is 6.07 Å². The van der Waals surface area contributed by atoms with Gasteiger partial charge in [0.15, 0.2) is 0 Å². The first-order chi connectivity index (χ1) is 6.24. The highest BCUT2D eigenvalue weighted by molar-refractivity contribution is 5.31. The van der Waals surface area contributed by atoms with Crippen molar-refractivity contribution in [1.29, 1.82) is 5.26 Å². The summed E-state index contributed by atoms with van der Waals surface area (Å²) in [5.41, 5.74) is 3.88. The molecule has 13 heavy (non-hydrogen) atoms. The highest BCUT2D eigenvalue weighted by Gasteiger charge is 1.93. The maximum absolute atomic E-state index is 8.31. The molecule has 0 N–H and O–H groups in total. The van der Waals surface area contributed by atoms with Gasteiger partial charge in [0, 0.05) is 6.08 Å². The molecule has 0 fully saturated rings. The van der Waals surface area contributed by atoms with E-state index in [4.69, 9.17) is 5.26 Å². The third kappa shape index (κ3) is 2.76. The molecule has 0 atom stereocenters. The van der Waals surface area contributed by atoms with E-state index in [0.29, 0.717) is 0 Å². The maximum atomic E-state index is 8.31. The van der Waals surface area contributed by atoms with Crippen LogP contribution in [0.2, 0.25) is 0 Å². The normalized spacial score (nSPS) is 10.2. The van der Waals surface area contributed by atoms with E-state index in [1.54, 1.807) is 0 Å². The molecular formula is C12H13N. The minimum atomic E-state index is 0.842. The summed E-state index contributed by atoms with van der Waals surface area (Å²) in [6.45, 7) is 4.21. The maximum Gasteiger partial charge on any atom is 0.0908 e. The van der Waals surface area contributed by atoms with Crippen LogP contribution in [0.1, 0.15) is 16.7 Å². The van der Waals surface area contributed by atoms with Crippen LogP contribution in [0.3, 0.4) is 0 Å². The van der Waals surface area contributed by atoms with Gasteiger partial charge < -0.3 is 0 Å². The molecule has 0 aliphatic heterocycles. The molecule has 66 valence electrons. The van der Waals surface area contributed by atoms with Gasteiger partial charge in [-0.05, 0) is 37.0 Å². The van der Waals surface area contributed by atoms with Gasteiger partial charge in [-0.25, -0.2) is 0 Å². The minimum Gasteiger partial charge on any atom is -0.193 e. The average molecular weight is 171 g/mol. The van der Waals surface area contributed by atoms with Gasteiger partial charge in [0.25, 0.3) is 0 Å². The lowest BCUT2D eigenvalue weighted by atomic mass is 10.0. The predicted molar refractivity (Wildman–Crippen MR) is 54.4 cm³/mol. The van der Waals surface area contributed by atoms with Gasteiger partial charge in [-0.2, -0.15) is 5.26 Å². The Balaban J connectivity index is 2.75. The molecule has 0 aliphatic carbocycles. The highest BCUT2D eigenvalue weighted by atomic mass is 14.2. The molecule has 0 saturated heterocycles. The van der Waals surface area contributed by atoms with Crippen LogP contribution >= 0.6 is 0 Å². The molecule has 0 spiro atoms. The molecule has 1 aromatic rings. The van der Waals surface area contributed by atoms with Crippen molar-refractivity contribution in [2.45, 2.75) is 20.3 Å². The number of hydrogen-bond acceptors (Lipinski definition) is 1. The van der Waals surface area contributed by atoms with Crippen LogP contribution in [0.25, 0.3) is 0 Å². The lowest BCUT2D eigenvalue weighted by Gasteiger charge is -2.01. The third-order valence-electron chi connectivity index (χ3n) is 2.12. The summed E-state index contributed by atoms with van der Waals surface area (Å²) in [6.07, 6.45) is 4.24. The number of rotatable bonds is 2. The van der Waals surface area contributed by atoms with E-state index in [0.717, 1.165) is 6.42 Å². The van der Waals surface area contributed by atoms with Gasteiger partial charge in [-0.15, -0.1) is 0 Å². The number of hydrogen-bond donors (Lipinski definition) is 0. The van der Waals surface area contributed by atoms with Crippen molar-refractivity contribution in [3.63, 3.8) is 0 Å². The van der Waals surface area contributed by atoms with Crippen molar-refractivity contribution in [1.82, 2.24) is 0 Å². The molecule has 0 bridgehead atoms. The van der Waals surface area contributed by atoms with Crippen molar-refractivity contribution in [2.24, 2.45) is 0 Å². The SMILES string of the molecule is Cc1ccc(C/C=C/C#N)cc1C. The molecule has 0 aromatic heterocycles. The van der Waals surface area contributed by atoms with E-state index in [1.165, 1.54) is 22.8 Å². The summed E-state index contributed by atoms with van der Waals surface area (Å²) in [5, 5.41) is 8.31. The fourth-order valence-corrected chi connectivity index (χ4v) is 1.18. The van der Waals surface area contributed by atoms with Gasteiger partial charge in [0.1, 0.15) is 0 Å². The molecule has 0 saturated carbocycles. The lowest BCUT2D eigenvalue weighted by molar-refractivity contribution is 1.22. The molecule has 0 heterocycles. The Morgan fingerprint density at radius 1 is 1.31 bits per heavy atom. The Hall–Kier alpha value is -1.55. The van der Waals surface area contributed by atoms with E-state index < -0.39 is 0 Å². The minimum absolute atomic E-state index is 0.842. The van der Waals surface area contributed by atoms with Crippen LogP contribution in [0, 0.1) is 25.2 Å². The number of nitrogens with zero attached hydrogens (tertiary/aromatic N) is 1. The zero-order valence-corrected chi connectivity index (χ0v) is 8.04. The molecule has 0 radical (unpaired) electrons. The topological polar surface area (TPSA) is 23.8 Å². The quantitative estimate of drug-likeness (QED) is 0.627. The zero-order valence-electron chi connectivity index (χ0n) is 8.04. The van der Waals surface area contributed by atoms with Crippen molar-refractivity contribution >= 4 is 0 Å². The number of allylic oxidation sites excluding steroid dienone is 2. The second kappa shape index (κ2) is 4.47. The average Bonchev–Trinajstić information content (AvgIpc) is 2.12. The van der Waals surface area contributed by atoms with E-state index in [2.05, 4.69) is 32.0 Å². The molecule has 0 unspecified atom stereocenters. The summed E-state index contributed by atoms with van der Waals surface area (Å²) < 4.78 is 0. The monoisotopic (exact) mass is 171 g/mol. The molecule has 1 aromatic carbocycles. The van der Waals surface area contributed by atoms with Gasteiger partial charge >= 0.3 is 0 Å². The summed E-state index contributed by atoms with van der Waals surface area (Å²) >= 11 is 0. The van der Waals surface area contributed by atoms with Crippen LogP contribution in [0.5, 0.6) is 0 Å². The fraction of sp³-hybridized carbons (Fsp3) is 0.250. The Bertz CT molecular complexity index is 356. The van der Waals surface area contributed by atoms with Crippen molar-refractivity contribution in [3.05, 3.63) is 47.0 Å². The van der Waals surface area contributed by atoms with Crippen molar-refractivity contribution < 1.29 is 0 Å². The molecular weight excluding hydrogens is 158 g/mol. The first-order valence-corrected chi connectivity index (χ1v) is 4.35. The number of nitriles is 1. The van der Waals surface area contributed by atoms with E-state index >= 15 is 0 Å². The molecule has 1 heteroatoms. The van der Waals surface area contributed by atoms with E-state index in [1.807, 2.05) is 12.1 Å². The Morgan fingerprint density at radius 2 is 2.08 bits per heavy atom. The first kappa shape index (κ1) is 9.54. The third-order valence-corrected chi connectivity index (χ3v) is 2.12.